The van der Waals surface area contributed by atoms with Crippen LogP contribution in [0.5, 0.6) is 0 Å². The molecule has 1 N–H and O–H groups in total. The normalized spacial score (nSPS) is 12.9. The van der Waals surface area contributed by atoms with Gasteiger partial charge in [0.2, 0.25) is 0 Å². The third-order valence-corrected chi connectivity index (χ3v) is 6.06. The molecule has 0 amide bonds. The Kier molecular flexibility index (Phi) is 5.43. The maximum Gasteiger partial charge on any atom is 0.158 e. The molecule has 4 aromatic rings. The molecule has 6 heteroatoms. The zero-order chi connectivity index (χ0) is 21.4. The second-order valence-electron chi connectivity index (χ2n) is 8.33. The highest BCUT2D eigenvalue weighted by molar-refractivity contribution is 5.75. The van der Waals surface area contributed by atoms with Crippen molar-refractivity contribution in [2.45, 2.75) is 46.6 Å². The van der Waals surface area contributed by atoms with Crippen molar-refractivity contribution in [2.75, 3.05) is 13.6 Å². The number of nitrogens with zero attached hydrogens (tertiary/aromatic N) is 5. The number of nitrogens with one attached hydrogen (secondary N) is 1. The number of rotatable bonds is 6. The van der Waals surface area contributed by atoms with Crippen molar-refractivity contribution in [2.24, 2.45) is 0 Å². The van der Waals surface area contributed by atoms with Crippen LogP contribution in [0.4, 0.5) is 0 Å². The van der Waals surface area contributed by atoms with Gasteiger partial charge in [-0.05, 0) is 56.1 Å². The Labute approximate surface area is 178 Å². The van der Waals surface area contributed by atoms with E-state index in [0.29, 0.717) is 12.0 Å². The van der Waals surface area contributed by atoms with E-state index in [9.17, 15) is 0 Å². The number of aryl methyl sites for hydroxylation is 1. The zero-order valence-corrected chi connectivity index (χ0v) is 18.6. The van der Waals surface area contributed by atoms with Crippen LogP contribution in [0.25, 0.3) is 28.2 Å². The maximum atomic E-state index is 4.72. The molecule has 6 nitrogen and oxygen atoms in total. The van der Waals surface area contributed by atoms with Crippen LogP contribution in [-0.4, -0.2) is 43.3 Å². The third kappa shape index (κ3) is 3.52. The van der Waals surface area contributed by atoms with Crippen molar-refractivity contribution in [3.63, 3.8) is 0 Å². The highest BCUT2D eigenvalue weighted by atomic mass is 15.3. The van der Waals surface area contributed by atoms with Crippen molar-refractivity contribution in [1.82, 2.24) is 29.7 Å². The lowest BCUT2D eigenvalue weighted by atomic mass is 9.93. The van der Waals surface area contributed by atoms with Crippen molar-refractivity contribution in [3.8, 4) is 22.5 Å². The summed E-state index contributed by atoms with van der Waals surface area (Å²) in [4.78, 5) is 6.66. The van der Waals surface area contributed by atoms with Gasteiger partial charge in [-0.15, -0.1) is 0 Å². The molecule has 0 saturated carbocycles. The lowest BCUT2D eigenvalue weighted by Gasteiger charge is -2.23. The Morgan fingerprint density at radius 2 is 1.83 bits per heavy atom. The lowest BCUT2D eigenvalue weighted by molar-refractivity contribution is 0.276. The summed E-state index contributed by atoms with van der Waals surface area (Å²) in [6.45, 7) is 11.9. The Hall–Kier alpha value is -2.99. The molecular formula is C24H30N6. The second-order valence-corrected chi connectivity index (χ2v) is 8.33. The Morgan fingerprint density at radius 1 is 1.10 bits per heavy atom. The summed E-state index contributed by atoms with van der Waals surface area (Å²) in [5.41, 5.74) is 8.77. The van der Waals surface area contributed by atoms with E-state index in [0.717, 1.165) is 40.3 Å². The van der Waals surface area contributed by atoms with Crippen LogP contribution in [-0.2, 0) is 0 Å². The van der Waals surface area contributed by atoms with E-state index in [2.05, 4.69) is 92.1 Å². The van der Waals surface area contributed by atoms with E-state index in [4.69, 9.17) is 5.10 Å². The van der Waals surface area contributed by atoms with Gasteiger partial charge in [0.25, 0.3) is 0 Å². The molecule has 30 heavy (non-hydrogen) atoms. The summed E-state index contributed by atoms with van der Waals surface area (Å²) in [6, 6.07) is 11.4. The van der Waals surface area contributed by atoms with Crippen LogP contribution in [0.3, 0.4) is 0 Å². The molecule has 0 aliphatic rings. The number of hydrogen-bond donors (Lipinski definition) is 1. The van der Waals surface area contributed by atoms with Crippen molar-refractivity contribution < 1.29 is 0 Å². The first kappa shape index (κ1) is 20.3. The zero-order valence-electron chi connectivity index (χ0n) is 18.6. The largest absolute Gasteiger partial charge is 0.300 e. The second kappa shape index (κ2) is 8.03. The maximum absolute atomic E-state index is 4.72. The topological polar surface area (TPSA) is 62.1 Å². The molecule has 3 aromatic heterocycles. The van der Waals surface area contributed by atoms with Crippen LogP contribution in [0, 0.1) is 6.92 Å². The number of aromatic amines is 1. The van der Waals surface area contributed by atoms with Crippen LogP contribution >= 0.6 is 0 Å². The Balaban J connectivity index is 1.76. The fourth-order valence-corrected chi connectivity index (χ4v) is 4.03. The molecule has 0 aliphatic heterocycles. The molecule has 4 rings (SSSR count). The van der Waals surface area contributed by atoms with Crippen molar-refractivity contribution >= 4 is 5.65 Å². The third-order valence-electron chi connectivity index (χ3n) is 6.06. The van der Waals surface area contributed by atoms with Crippen molar-refractivity contribution in [3.05, 3.63) is 59.5 Å². The highest BCUT2D eigenvalue weighted by Crippen LogP contribution is 2.36. The molecule has 0 bridgehead atoms. The summed E-state index contributed by atoms with van der Waals surface area (Å²) < 4.78 is 1.82. The minimum absolute atomic E-state index is 0.324. The molecular weight excluding hydrogens is 372 g/mol. The first-order chi connectivity index (χ1) is 14.4. The van der Waals surface area contributed by atoms with E-state index >= 15 is 0 Å². The molecule has 0 fully saturated rings. The minimum atomic E-state index is 0.324. The fraction of sp³-hybridized carbons (Fsp3) is 0.375. The number of fused-ring (bicyclic) bond motifs is 1. The minimum Gasteiger partial charge on any atom is -0.300 e. The molecule has 3 heterocycles. The summed E-state index contributed by atoms with van der Waals surface area (Å²) in [7, 11) is 2.16. The average Bonchev–Trinajstić information content (AvgIpc) is 3.40. The smallest absolute Gasteiger partial charge is 0.158 e. The summed E-state index contributed by atoms with van der Waals surface area (Å²) in [6.07, 6.45) is 3.59. The van der Waals surface area contributed by atoms with Gasteiger partial charge in [-0.25, -0.2) is 9.50 Å². The van der Waals surface area contributed by atoms with Crippen LogP contribution < -0.4 is 0 Å². The van der Waals surface area contributed by atoms with Gasteiger partial charge in [0.05, 0.1) is 11.4 Å². The number of pyridine rings is 1. The summed E-state index contributed by atoms with van der Waals surface area (Å²) in [5.74, 6) is 0.324. The Bertz CT molecular complexity index is 1150. The molecule has 0 radical (unpaired) electrons. The predicted molar refractivity (Wildman–Crippen MR) is 122 cm³/mol. The lowest BCUT2D eigenvalue weighted by Crippen LogP contribution is -2.21. The van der Waals surface area contributed by atoms with Crippen LogP contribution in [0.2, 0.25) is 0 Å². The monoisotopic (exact) mass is 402 g/mol. The van der Waals surface area contributed by atoms with Gasteiger partial charge < -0.3 is 0 Å². The first-order valence-corrected chi connectivity index (χ1v) is 10.6. The average molecular weight is 403 g/mol. The molecule has 1 aromatic carbocycles. The van der Waals surface area contributed by atoms with Crippen LogP contribution in [0.1, 0.15) is 56.3 Å². The molecule has 1 atom stereocenters. The van der Waals surface area contributed by atoms with Gasteiger partial charge in [-0.3, -0.25) is 10.00 Å². The number of aromatic nitrogens is 5. The Morgan fingerprint density at radius 3 is 2.50 bits per heavy atom. The van der Waals surface area contributed by atoms with Crippen LogP contribution in [0.15, 0.2) is 42.9 Å². The van der Waals surface area contributed by atoms with E-state index in [1.165, 1.54) is 11.1 Å². The standard InChI is InChI=1S/C24H30N6/c1-7-29(6)17(5)18-8-10-19(11-9-18)22-21(15(2)3)23(28-27-22)20-12-16(4)24-25-14-26-30(24)13-20/h8-15,17H,7H2,1-6H3,(H,27,28)/t17-/m0/s1. The summed E-state index contributed by atoms with van der Waals surface area (Å²) >= 11 is 0. The number of H-pyrrole nitrogens is 1. The van der Waals surface area contributed by atoms with Gasteiger partial charge in [0.15, 0.2) is 5.65 Å². The molecule has 0 aliphatic carbocycles. The molecule has 156 valence electrons. The highest BCUT2D eigenvalue weighted by Gasteiger charge is 2.20. The summed E-state index contributed by atoms with van der Waals surface area (Å²) in [5, 5.41) is 12.3. The quantitative estimate of drug-likeness (QED) is 0.480. The van der Waals surface area contributed by atoms with E-state index in [1.807, 2.05) is 10.7 Å². The van der Waals surface area contributed by atoms with Gasteiger partial charge >= 0.3 is 0 Å². The first-order valence-electron chi connectivity index (χ1n) is 10.6. The van der Waals surface area contributed by atoms with Gasteiger partial charge in [-0.1, -0.05) is 45.0 Å². The number of benzene rings is 1. The van der Waals surface area contributed by atoms with E-state index in [1.54, 1.807) is 6.33 Å². The molecule has 0 saturated heterocycles. The SMILES string of the molecule is CCN(C)[C@@H](C)c1ccc(-c2[nH]nc(-c3cc(C)c4ncnn4c3)c2C(C)C)cc1. The van der Waals surface area contributed by atoms with E-state index in [-0.39, 0.29) is 0 Å². The number of hydrogen-bond acceptors (Lipinski definition) is 4. The fourth-order valence-electron chi connectivity index (χ4n) is 4.03. The van der Waals surface area contributed by atoms with Gasteiger partial charge in [0, 0.05) is 23.4 Å². The van der Waals surface area contributed by atoms with Gasteiger partial charge in [0.1, 0.15) is 6.33 Å². The predicted octanol–water partition coefficient (Wildman–Crippen LogP) is 5.23. The van der Waals surface area contributed by atoms with Gasteiger partial charge in [-0.2, -0.15) is 10.2 Å². The van der Waals surface area contributed by atoms with Crippen molar-refractivity contribution in [1.29, 1.82) is 0 Å². The molecule has 0 unspecified atom stereocenters. The molecule has 0 spiro atoms. The van der Waals surface area contributed by atoms with E-state index < -0.39 is 0 Å².